The Hall–Kier alpha value is -0.610. The van der Waals surface area contributed by atoms with Gasteiger partial charge in [-0.15, -0.1) is 0 Å². The van der Waals surface area contributed by atoms with Crippen molar-refractivity contribution in [2.75, 3.05) is 41.3 Å². The van der Waals surface area contributed by atoms with E-state index in [1.165, 1.54) is 0 Å². The highest BCUT2D eigenvalue weighted by Crippen LogP contribution is 2.23. The Kier molecular flexibility index (Phi) is 3.50. The second-order valence-corrected chi connectivity index (χ2v) is 4.41. The molecule has 0 aromatic carbocycles. The Bertz CT molecular complexity index is 207. The van der Waals surface area contributed by atoms with Gasteiger partial charge in [0.2, 0.25) is 5.91 Å². The molecule has 1 N–H and O–H groups in total. The van der Waals surface area contributed by atoms with Crippen LogP contribution in [-0.4, -0.2) is 62.5 Å². The van der Waals surface area contributed by atoms with Crippen molar-refractivity contribution in [1.29, 1.82) is 0 Å². The second kappa shape index (κ2) is 4.28. The Morgan fingerprint density at radius 2 is 1.93 bits per heavy atom. The van der Waals surface area contributed by atoms with Gasteiger partial charge in [0, 0.05) is 20.6 Å². The van der Waals surface area contributed by atoms with Gasteiger partial charge in [-0.05, 0) is 33.5 Å². The number of nitrogens with zero attached hydrogens (tertiary/aromatic N) is 2. The standard InChI is InChI=1S/C10H21N3O/c1-12(2)9(14)10(13(3)4)6-5-7-11-8-10/h11H,5-8H2,1-4H3. The smallest absolute Gasteiger partial charge is 0.243 e. The molecule has 1 unspecified atom stereocenters. The van der Waals surface area contributed by atoms with Crippen LogP contribution >= 0.6 is 0 Å². The van der Waals surface area contributed by atoms with E-state index >= 15 is 0 Å². The Morgan fingerprint density at radius 1 is 1.29 bits per heavy atom. The van der Waals surface area contributed by atoms with Crippen molar-refractivity contribution < 1.29 is 4.79 Å². The quantitative estimate of drug-likeness (QED) is 0.666. The molecular formula is C10H21N3O. The fourth-order valence-electron chi connectivity index (χ4n) is 2.06. The largest absolute Gasteiger partial charge is 0.347 e. The highest BCUT2D eigenvalue weighted by Gasteiger charge is 2.42. The third-order valence-electron chi connectivity index (χ3n) is 3.02. The minimum absolute atomic E-state index is 0.203. The summed E-state index contributed by atoms with van der Waals surface area (Å²) < 4.78 is 0. The third kappa shape index (κ3) is 1.91. The number of hydrogen-bond donors (Lipinski definition) is 1. The Balaban J connectivity index is 2.85. The predicted octanol–water partition coefficient (Wildman–Crippen LogP) is -0.242. The zero-order valence-corrected chi connectivity index (χ0v) is 9.63. The maximum Gasteiger partial charge on any atom is 0.243 e. The number of piperidine rings is 1. The molecule has 0 radical (unpaired) electrons. The summed E-state index contributed by atoms with van der Waals surface area (Å²) >= 11 is 0. The van der Waals surface area contributed by atoms with Gasteiger partial charge in [0.05, 0.1) is 0 Å². The average molecular weight is 199 g/mol. The number of rotatable bonds is 2. The molecule has 1 aliphatic heterocycles. The first-order chi connectivity index (χ1) is 6.50. The van der Waals surface area contributed by atoms with Gasteiger partial charge in [-0.3, -0.25) is 9.69 Å². The maximum atomic E-state index is 12.1. The molecule has 1 amide bonds. The normalized spacial score (nSPS) is 27.8. The van der Waals surface area contributed by atoms with E-state index in [0.717, 1.165) is 25.9 Å². The van der Waals surface area contributed by atoms with E-state index in [1.54, 1.807) is 4.90 Å². The van der Waals surface area contributed by atoms with Gasteiger partial charge >= 0.3 is 0 Å². The van der Waals surface area contributed by atoms with Crippen LogP contribution in [0.15, 0.2) is 0 Å². The molecule has 82 valence electrons. The lowest BCUT2D eigenvalue weighted by Gasteiger charge is -2.43. The molecule has 1 rings (SSSR count). The average Bonchev–Trinajstić information content (AvgIpc) is 2.17. The van der Waals surface area contributed by atoms with Crippen molar-refractivity contribution >= 4 is 5.91 Å². The number of carbonyl (C=O) groups excluding carboxylic acids is 1. The Labute approximate surface area is 86.2 Å². The van der Waals surface area contributed by atoms with Crippen molar-refractivity contribution in [3.8, 4) is 0 Å². The predicted molar refractivity (Wildman–Crippen MR) is 57.2 cm³/mol. The Morgan fingerprint density at radius 3 is 2.29 bits per heavy atom. The van der Waals surface area contributed by atoms with Gasteiger partial charge in [0.15, 0.2) is 0 Å². The summed E-state index contributed by atoms with van der Waals surface area (Å²) in [6.07, 6.45) is 2.02. The van der Waals surface area contributed by atoms with E-state index < -0.39 is 0 Å². The van der Waals surface area contributed by atoms with Crippen LogP contribution in [0.3, 0.4) is 0 Å². The van der Waals surface area contributed by atoms with E-state index in [2.05, 4.69) is 5.32 Å². The van der Waals surface area contributed by atoms with Crippen LogP contribution in [0.4, 0.5) is 0 Å². The first-order valence-electron chi connectivity index (χ1n) is 5.10. The number of hydrogen-bond acceptors (Lipinski definition) is 3. The van der Waals surface area contributed by atoms with Crippen LogP contribution in [-0.2, 0) is 4.79 Å². The van der Waals surface area contributed by atoms with Crippen molar-refractivity contribution in [3.05, 3.63) is 0 Å². The fourth-order valence-corrected chi connectivity index (χ4v) is 2.06. The van der Waals surface area contributed by atoms with E-state index in [-0.39, 0.29) is 11.4 Å². The molecule has 1 saturated heterocycles. The van der Waals surface area contributed by atoms with Crippen LogP contribution in [0.5, 0.6) is 0 Å². The summed E-state index contributed by atoms with van der Waals surface area (Å²) in [6, 6.07) is 0. The minimum Gasteiger partial charge on any atom is -0.347 e. The van der Waals surface area contributed by atoms with Crippen LogP contribution in [0.2, 0.25) is 0 Å². The van der Waals surface area contributed by atoms with Gasteiger partial charge in [-0.1, -0.05) is 0 Å². The van der Waals surface area contributed by atoms with E-state index in [1.807, 2.05) is 33.1 Å². The lowest BCUT2D eigenvalue weighted by atomic mass is 9.87. The number of amides is 1. The summed E-state index contributed by atoms with van der Waals surface area (Å²) in [5, 5.41) is 3.30. The molecular weight excluding hydrogens is 178 g/mol. The molecule has 0 aromatic heterocycles. The summed E-state index contributed by atoms with van der Waals surface area (Å²) in [7, 11) is 7.60. The number of nitrogens with one attached hydrogen (secondary N) is 1. The summed E-state index contributed by atoms with van der Waals surface area (Å²) in [4.78, 5) is 15.8. The fraction of sp³-hybridized carbons (Fsp3) is 0.900. The van der Waals surface area contributed by atoms with Crippen LogP contribution in [0.1, 0.15) is 12.8 Å². The van der Waals surface area contributed by atoms with Gasteiger partial charge in [0.25, 0.3) is 0 Å². The van der Waals surface area contributed by atoms with Crippen molar-refractivity contribution in [2.45, 2.75) is 18.4 Å². The summed E-state index contributed by atoms with van der Waals surface area (Å²) in [6.45, 7) is 1.79. The summed E-state index contributed by atoms with van der Waals surface area (Å²) in [5.74, 6) is 0.203. The maximum absolute atomic E-state index is 12.1. The molecule has 0 aromatic rings. The summed E-state index contributed by atoms with van der Waals surface area (Å²) in [5.41, 5.74) is -0.332. The lowest BCUT2D eigenvalue weighted by Crippen LogP contribution is -2.63. The monoisotopic (exact) mass is 199 g/mol. The molecule has 0 aliphatic carbocycles. The van der Waals surface area contributed by atoms with Gasteiger partial charge in [0.1, 0.15) is 5.54 Å². The zero-order chi connectivity index (χ0) is 10.8. The molecule has 1 aliphatic rings. The molecule has 0 bridgehead atoms. The van der Waals surface area contributed by atoms with Crippen molar-refractivity contribution in [1.82, 2.24) is 15.1 Å². The topological polar surface area (TPSA) is 35.6 Å². The first kappa shape index (κ1) is 11.5. The third-order valence-corrected chi connectivity index (χ3v) is 3.02. The molecule has 4 nitrogen and oxygen atoms in total. The molecule has 1 heterocycles. The molecule has 4 heteroatoms. The number of carbonyl (C=O) groups is 1. The zero-order valence-electron chi connectivity index (χ0n) is 9.63. The lowest BCUT2D eigenvalue weighted by molar-refractivity contribution is -0.141. The molecule has 0 spiro atoms. The second-order valence-electron chi connectivity index (χ2n) is 4.41. The molecule has 14 heavy (non-hydrogen) atoms. The van der Waals surface area contributed by atoms with Crippen molar-refractivity contribution in [2.24, 2.45) is 0 Å². The van der Waals surface area contributed by atoms with Crippen LogP contribution < -0.4 is 5.32 Å². The minimum atomic E-state index is -0.332. The van der Waals surface area contributed by atoms with E-state index in [0.29, 0.717) is 0 Å². The molecule has 1 atom stereocenters. The van der Waals surface area contributed by atoms with Gasteiger partial charge in [-0.2, -0.15) is 0 Å². The number of likely N-dealkylation sites (N-methyl/N-ethyl adjacent to an activating group) is 2. The first-order valence-corrected chi connectivity index (χ1v) is 5.10. The van der Waals surface area contributed by atoms with Gasteiger partial charge in [-0.25, -0.2) is 0 Å². The van der Waals surface area contributed by atoms with Crippen LogP contribution in [0, 0.1) is 0 Å². The SMILES string of the molecule is CN(C)C(=O)C1(N(C)C)CCCNC1. The van der Waals surface area contributed by atoms with E-state index in [4.69, 9.17) is 0 Å². The van der Waals surface area contributed by atoms with E-state index in [9.17, 15) is 4.79 Å². The highest BCUT2D eigenvalue weighted by atomic mass is 16.2. The van der Waals surface area contributed by atoms with Crippen molar-refractivity contribution in [3.63, 3.8) is 0 Å². The molecule has 0 saturated carbocycles. The van der Waals surface area contributed by atoms with Crippen LogP contribution in [0.25, 0.3) is 0 Å². The van der Waals surface area contributed by atoms with Gasteiger partial charge < -0.3 is 10.2 Å². The molecule has 1 fully saturated rings. The highest BCUT2D eigenvalue weighted by molar-refractivity contribution is 5.86.